The summed E-state index contributed by atoms with van der Waals surface area (Å²) in [7, 11) is 0. The number of nitrogens with zero attached hydrogens (tertiary/aromatic N) is 6. The van der Waals surface area contributed by atoms with Gasteiger partial charge in [-0.1, -0.05) is 42.0 Å². The molecule has 0 bridgehead atoms. The van der Waals surface area contributed by atoms with E-state index in [2.05, 4.69) is 105 Å². The number of para-hydroxylation sites is 2. The Labute approximate surface area is 273 Å². The van der Waals surface area contributed by atoms with Crippen molar-refractivity contribution in [3.63, 3.8) is 0 Å². The average molecular weight is 769 g/mol. The maximum absolute atomic E-state index is 5.53. The Morgan fingerprint density at radius 2 is 1.22 bits per heavy atom. The molecule has 0 N–H and O–H groups in total. The zero-order valence-corrected chi connectivity index (χ0v) is 27.5. The molecule has 0 aliphatic carbocycles. The van der Waals surface area contributed by atoms with Gasteiger partial charge in [-0.05, 0) is 49.9 Å². The summed E-state index contributed by atoms with van der Waals surface area (Å²) in [5.41, 5.74) is 11.9. The van der Waals surface area contributed by atoms with E-state index < -0.39 is 0 Å². The molecule has 0 aliphatic heterocycles. The van der Waals surface area contributed by atoms with Crippen LogP contribution in [-0.4, -0.2) is 29.1 Å². The molecule has 4 aromatic heterocycles. The zero-order valence-electron chi connectivity index (χ0n) is 25.1. The molecule has 45 heavy (non-hydrogen) atoms. The quantitative estimate of drug-likeness (QED) is 0.168. The van der Waals surface area contributed by atoms with E-state index in [4.69, 9.17) is 8.83 Å². The van der Waals surface area contributed by atoms with Crippen molar-refractivity contribution in [3.05, 3.63) is 133 Å². The first kappa shape index (κ1) is 29.9. The van der Waals surface area contributed by atoms with Gasteiger partial charge in [-0.3, -0.25) is 9.97 Å². The molecular formula is C36H28IrN6O2-2. The van der Waals surface area contributed by atoms with Gasteiger partial charge in [-0.15, -0.1) is 42.0 Å². The normalized spacial score (nSPS) is 10.9. The van der Waals surface area contributed by atoms with E-state index in [1.165, 1.54) is 35.0 Å². The van der Waals surface area contributed by atoms with E-state index in [-0.39, 0.29) is 20.1 Å². The molecule has 0 saturated heterocycles. The molecular weight excluding hydrogens is 741 g/mol. The molecule has 0 amide bonds. The van der Waals surface area contributed by atoms with Crippen LogP contribution in [0.1, 0.15) is 22.3 Å². The fourth-order valence-corrected chi connectivity index (χ4v) is 5.65. The van der Waals surface area contributed by atoms with Crippen LogP contribution < -0.4 is 0 Å². The molecule has 8 rings (SSSR count). The number of oxazole rings is 2. The SMILES string of the molecule is Cc1cccc(C)c1-n1ccnc1-c1[c-]cc2ocnc2c1.Cc1cccc(C)c1-n1ccnc1-c1[c-]ccc2ncoc12.[Ir]. The van der Waals surface area contributed by atoms with Gasteiger partial charge in [0.2, 0.25) is 0 Å². The van der Waals surface area contributed by atoms with Crippen LogP contribution in [0.3, 0.4) is 0 Å². The Balaban J connectivity index is 0.000000155. The number of benzene rings is 4. The number of fused-ring (bicyclic) bond motifs is 2. The maximum Gasteiger partial charge on any atom is 0.169 e. The third-order valence-electron chi connectivity index (χ3n) is 7.66. The molecule has 8 nitrogen and oxygen atoms in total. The van der Waals surface area contributed by atoms with Crippen molar-refractivity contribution >= 4 is 22.2 Å². The Hall–Kier alpha value is -5.11. The van der Waals surface area contributed by atoms with Gasteiger partial charge in [0.1, 0.15) is 0 Å². The summed E-state index contributed by atoms with van der Waals surface area (Å²) in [5, 5.41) is 0. The molecule has 225 valence electrons. The van der Waals surface area contributed by atoms with Crippen molar-refractivity contribution in [1.29, 1.82) is 0 Å². The smallest absolute Gasteiger partial charge is 0.169 e. The third kappa shape index (κ3) is 5.52. The van der Waals surface area contributed by atoms with E-state index in [0.717, 1.165) is 50.8 Å². The van der Waals surface area contributed by atoms with Gasteiger partial charge in [0, 0.05) is 67.3 Å². The Bertz CT molecular complexity index is 2220. The van der Waals surface area contributed by atoms with Crippen molar-refractivity contribution in [2.45, 2.75) is 27.7 Å². The van der Waals surface area contributed by atoms with Crippen LogP contribution >= 0.6 is 0 Å². The van der Waals surface area contributed by atoms with Crippen LogP contribution in [0.5, 0.6) is 0 Å². The minimum absolute atomic E-state index is 0. The number of aromatic nitrogens is 6. The Morgan fingerprint density at radius 1 is 0.644 bits per heavy atom. The minimum Gasteiger partial charge on any atom is -0.490 e. The van der Waals surface area contributed by atoms with Gasteiger partial charge in [0.15, 0.2) is 12.8 Å². The largest absolute Gasteiger partial charge is 0.490 e. The Morgan fingerprint density at radius 3 is 1.89 bits per heavy atom. The number of aryl methyl sites for hydroxylation is 4. The average Bonchev–Trinajstić information content (AvgIpc) is 3.84. The van der Waals surface area contributed by atoms with Gasteiger partial charge in [-0.2, -0.15) is 0 Å². The van der Waals surface area contributed by atoms with Gasteiger partial charge < -0.3 is 18.0 Å². The van der Waals surface area contributed by atoms with Gasteiger partial charge >= 0.3 is 0 Å². The molecule has 0 unspecified atom stereocenters. The van der Waals surface area contributed by atoms with Crippen LogP contribution in [0, 0.1) is 39.8 Å². The van der Waals surface area contributed by atoms with Crippen LogP contribution in [0.2, 0.25) is 0 Å². The van der Waals surface area contributed by atoms with E-state index in [0.29, 0.717) is 5.58 Å². The molecule has 1 radical (unpaired) electrons. The predicted molar refractivity (Wildman–Crippen MR) is 170 cm³/mol. The van der Waals surface area contributed by atoms with Gasteiger partial charge in [0.25, 0.3) is 0 Å². The second-order valence-electron chi connectivity index (χ2n) is 10.6. The summed E-state index contributed by atoms with van der Waals surface area (Å²) in [4.78, 5) is 17.4. The fraction of sp³-hybridized carbons (Fsp3) is 0.111. The molecule has 8 aromatic rings. The molecule has 4 aromatic carbocycles. The first-order valence-corrected chi connectivity index (χ1v) is 14.2. The molecule has 0 atom stereocenters. The zero-order chi connectivity index (χ0) is 30.2. The summed E-state index contributed by atoms with van der Waals surface area (Å²) < 4.78 is 15.0. The molecule has 0 spiro atoms. The topological polar surface area (TPSA) is 87.7 Å². The Kier molecular flexibility index (Phi) is 8.30. The van der Waals surface area contributed by atoms with Gasteiger partial charge in [0.05, 0.1) is 22.8 Å². The maximum atomic E-state index is 5.53. The van der Waals surface area contributed by atoms with Crippen molar-refractivity contribution in [2.24, 2.45) is 0 Å². The number of hydrogen-bond acceptors (Lipinski definition) is 6. The molecule has 4 heterocycles. The fourth-order valence-electron chi connectivity index (χ4n) is 5.65. The summed E-state index contributed by atoms with van der Waals surface area (Å²) >= 11 is 0. The van der Waals surface area contributed by atoms with E-state index in [1.807, 2.05) is 36.8 Å². The molecule has 0 saturated carbocycles. The summed E-state index contributed by atoms with van der Waals surface area (Å²) in [5.74, 6) is 1.65. The second-order valence-corrected chi connectivity index (χ2v) is 10.6. The van der Waals surface area contributed by atoms with Crippen LogP contribution in [0.4, 0.5) is 0 Å². The van der Waals surface area contributed by atoms with Crippen molar-refractivity contribution in [1.82, 2.24) is 29.1 Å². The monoisotopic (exact) mass is 769 g/mol. The second kappa shape index (κ2) is 12.5. The van der Waals surface area contributed by atoms with Crippen molar-refractivity contribution < 1.29 is 28.9 Å². The van der Waals surface area contributed by atoms with E-state index >= 15 is 0 Å². The van der Waals surface area contributed by atoms with Crippen LogP contribution in [-0.2, 0) is 20.1 Å². The first-order chi connectivity index (χ1) is 21.5. The van der Waals surface area contributed by atoms with E-state index in [9.17, 15) is 0 Å². The molecule has 9 heteroatoms. The van der Waals surface area contributed by atoms with Crippen molar-refractivity contribution in [3.8, 4) is 34.2 Å². The molecule has 0 aliphatic rings. The van der Waals surface area contributed by atoms with Crippen molar-refractivity contribution in [2.75, 3.05) is 0 Å². The summed E-state index contributed by atoms with van der Waals surface area (Å²) in [6.07, 6.45) is 10.4. The number of rotatable bonds is 4. The molecule has 0 fully saturated rings. The minimum atomic E-state index is 0. The van der Waals surface area contributed by atoms with Crippen LogP contribution in [0.15, 0.2) is 107 Å². The first-order valence-electron chi connectivity index (χ1n) is 14.2. The summed E-state index contributed by atoms with van der Waals surface area (Å²) in [6.45, 7) is 8.42. The number of hydrogen-bond donors (Lipinski definition) is 0. The predicted octanol–water partition coefficient (Wildman–Crippen LogP) is 8.19. The summed E-state index contributed by atoms with van der Waals surface area (Å²) in [6, 6.07) is 26.5. The van der Waals surface area contributed by atoms with E-state index in [1.54, 1.807) is 12.3 Å². The van der Waals surface area contributed by atoms with Gasteiger partial charge in [-0.25, -0.2) is 9.97 Å². The van der Waals surface area contributed by atoms with Crippen LogP contribution in [0.25, 0.3) is 56.3 Å². The standard InChI is InChI=1S/2C18H14N3O.Ir/c1-12-5-3-6-13(2)16(12)21-10-9-19-18(21)14-7-4-8-15-17(14)22-11-20-15;1-12-4-3-5-13(2)17(12)21-9-8-19-18(21)14-6-7-16-15(10-14)20-11-22-16;/h3-6,8-11H,1-2H3;3-5,7-11H,1-2H3;/q2*-1;. The third-order valence-corrected chi connectivity index (χ3v) is 7.66. The number of imidazole rings is 2.